The Balaban J connectivity index is 1.78. The Hall–Kier alpha value is -1.48. The minimum Gasteiger partial charge on any atom is -0.373 e. The van der Waals surface area contributed by atoms with Crippen LogP contribution in [0.1, 0.15) is 42.6 Å². The van der Waals surface area contributed by atoms with Crippen molar-refractivity contribution in [1.29, 1.82) is 0 Å². The molecule has 1 aromatic rings. The van der Waals surface area contributed by atoms with Gasteiger partial charge in [-0.05, 0) is 51.3 Å². The third-order valence-electron chi connectivity index (χ3n) is 5.37. The van der Waals surface area contributed by atoms with Crippen LogP contribution in [0.15, 0.2) is 23.1 Å². The van der Waals surface area contributed by atoms with Gasteiger partial charge in [0.1, 0.15) is 0 Å². The summed E-state index contributed by atoms with van der Waals surface area (Å²) in [5, 5.41) is 5.24. The second-order valence-electron chi connectivity index (χ2n) is 7.79. The average molecular weight is 396 g/mol. The third kappa shape index (κ3) is 4.68. The zero-order chi connectivity index (χ0) is 19.8. The summed E-state index contributed by atoms with van der Waals surface area (Å²) in [6, 6.07) is 4.62. The number of nitrogens with two attached hydrogens (primary N) is 1. The smallest absolute Gasteiger partial charge is 0.254 e. The first-order valence-corrected chi connectivity index (χ1v) is 11.0. The molecule has 0 bridgehead atoms. The van der Waals surface area contributed by atoms with E-state index < -0.39 is 10.0 Å². The first-order valence-electron chi connectivity index (χ1n) is 9.47. The quantitative estimate of drug-likeness (QED) is 0.831. The maximum atomic E-state index is 13.2. The van der Waals surface area contributed by atoms with Crippen molar-refractivity contribution in [3.05, 3.63) is 29.3 Å². The Morgan fingerprint density at radius 1 is 1.26 bits per heavy atom. The highest BCUT2D eigenvalue weighted by molar-refractivity contribution is 7.89. The van der Waals surface area contributed by atoms with E-state index in [1.807, 2.05) is 11.8 Å². The van der Waals surface area contributed by atoms with Gasteiger partial charge in [-0.3, -0.25) is 9.69 Å². The first-order chi connectivity index (χ1) is 12.6. The fraction of sp³-hybridized carbons (Fsp3) is 0.632. The van der Waals surface area contributed by atoms with E-state index >= 15 is 0 Å². The SMILES string of the molecule is Cc1ccc(S(N)(=O)=O)cc1C(=O)N1CCCC1CN1CC(C)OC(C)C1. The molecule has 1 aromatic carbocycles. The van der Waals surface area contributed by atoms with Crippen LogP contribution < -0.4 is 5.14 Å². The minimum absolute atomic E-state index is 0.0250. The van der Waals surface area contributed by atoms with Crippen LogP contribution in [0.5, 0.6) is 0 Å². The lowest BCUT2D eigenvalue weighted by atomic mass is 10.1. The van der Waals surface area contributed by atoms with E-state index in [0.29, 0.717) is 12.1 Å². The van der Waals surface area contributed by atoms with Crippen molar-refractivity contribution in [2.24, 2.45) is 5.14 Å². The Labute approximate surface area is 161 Å². The largest absolute Gasteiger partial charge is 0.373 e. The molecule has 150 valence electrons. The number of sulfonamides is 1. The molecule has 7 nitrogen and oxygen atoms in total. The predicted octanol–water partition coefficient (Wildman–Crippen LogP) is 1.36. The topological polar surface area (TPSA) is 92.9 Å². The van der Waals surface area contributed by atoms with E-state index in [-0.39, 0.29) is 29.1 Å². The molecule has 2 heterocycles. The third-order valence-corrected chi connectivity index (χ3v) is 6.28. The maximum Gasteiger partial charge on any atom is 0.254 e. The number of rotatable bonds is 4. The normalized spacial score (nSPS) is 27.1. The molecule has 0 radical (unpaired) electrons. The highest BCUT2D eigenvalue weighted by Crippen LogP contribution is 2.25. The number of amides is 1. The summed E-state index contributed by atoms with van der Waals surface area (Å²) in [7, 11) is -3.84. The van der Waals surface area contributed by atoms with Crippen molar-refractivity contribution in [1.82, 2.24) is 9.80 Å². The number of primary sulfonamides is 1. The Morgan fingerprint density at radius 2 is 1.93 bits per heavy atom. The van der Waals surface area contributed by atoms with Crippen LogP contribution in [0.2, 0.25) is 0 Å². The summed E-state index contributed by atoms with van der Waals surface area (Å²) >= 11 is 0. The monoisotopic (exact) mass is 395 g/mol. The van der Waals surface area contributed by atoms with Gasteiger partial charge >= 0.3 is 0 Å². The van der Waals surface area contributed by atoms with Gasteiger partial charge in [0.05, 0.1) is 17.1 Å². The molecule has 0 spiro atoms. The van der Waals surface area contributed by atoms with Crippen LogP contribution in [0, 0.1) is 6.92 Å². The number of hydrogen-bond donors (Lipinski definition) is 1. The van der Waals surface area contributed by atoms with Crippen molar-refractivity contribution >= 4 is 15.9 Å². The number of hydrogen-bond acceptors (Lipinski definition) is 5. The van der Waals surface area contributed by atoms with Gasteiger partial charge in [-0.25, -0.2) is 13.6 Å². The first kappa shape index (κ1) is 20.3. The van der Waals surface area contributed by atoms with E-state index in [1.165, 1.54) is 12.1 Å². The molecule has 2 aliphatic rings. The highest BCUT2D eigenvalue weighted by atomic mass is 32.2. The molecular weight excluding hydrogens is 366 g/mol. The summed E-state index contributed by atoms with van der Waals surface area (Å²) in [5.74, 6) is -0.116. The number of aryl methyl sites for hydroxylation is 1. The van der Waals surface area contributed by atoms with E-state index in [0.717, 1.165) is 38.0 Å². The molecule has 0 saturated carbocycles. The lowest BCUT2D eigenvalue weighted by Crippen LogP contribution is -2.51. The standard InChI is InChI=1S/C19H29N3O4S/c1-13-6-7-17(27(20,24)25)9-18(13)19(23)22-8-4-5-16(22)12-21-10-14(2)26-15(3)11-21/h6-7,9,14-16H,4-5,8,10-12H2,1-3H3,(H2,20,24,25). The van der Waals surface area contributed by atoms with E-state index in [1.54, 1.807) is 6.07 Å². The van der Waals surface area contributed by atoms with Gasteiger partial charge < -0.3 is 9.64 Å². The van der Waals surface area contributed by atoms with Crippen molar-refractivity contribution in [3.8, 4) is 0 Å². The molecule has 2 N–H and O–H groups in total. The van der Waals surface area contributed by atoms with Gasteiger partial charge in [0.25, 0.3) is 5.91 Å². The summed E-state index contributed by atoms with van der Waals surface area (Å²) < 4.78 is 29.1. The van der Waals surface area contributed by atoms with Crippen LogP contribution >= 0.6 is 0 Å². The summed E-state index contributed by atoms with van der Waals surface area (Å²) in [5.41, 5.74) is 1.17. The molecule has 2 saturated heterocycles. The molecule has 3 unspecified atom stereocenters. The maximum absolute atomic E-state index is 13.2. The second kappa shape index (κ2) is 7.87. The molecule has 3 rings (SSSR count). The van der Waals surface area contributed by atoms with Crippen LogP contribution in [0.3, 0.4) is 0 Å². The van der Waals surface area contributed by atoms with Gasteiger partial charge in [0, 0.05) is 37.8 Å². The number of likely N-dealkylation sites (tertiary alicyclic amines) is 1. The summed E-state index contributed by atoms with van der Waals surface area (Å²) in [6.45, 7) is 9.20. The Morgan fingerprint density at radius 3 is 2.56 bits per heavy atom. The van der Waals surface area contributed by atoms with Gasteiger partial charge in [0.2, 0.25) is 10.0 Å². The number of ether oxygens (including phenoxy) is 1. The molecule has 3 atom stereocenters. The van der Waals surface area contributed by atoms with Gasteiger partial charge in [-0.1, -0.05) is 6.07 Å². The molecule has 0 aromatic heterocycles. The minimum atomic E-state index is -3.84. The van der Waals surface area contributed by atoms with E-state index in [2.05, 4.69) is 18.7 Å². The van der Waals surface area contributed by atoms with E-state index in [4.69, 9.17) is 9.88 Å². The molecule has 2 fully saturated rings. The number of carbonyl (C=O) groups excluding carboxylic acids is 1. The number of morpholine rings is 1. The fourth-order valence-corrected chi connectivity index (χ4v) is 4.73. The molecule has 1 amide bonds. The summed E-state index contributed by atoms with van der Waals surface area (Å²) in [4.78, 5) is 17.4. The van der Waals surface area contributed by atoms with E-state index in [9.17, 15) is 13.2 Å². The van der Waals surface area contributed by atoms with Gasteiger partial charge in [0.15, 0.2) is 0 Å². The number of nitrogens with zero attached hydrogens (tertiary/aromatic N) is 2. The molecule has 8 heteroatoms. The Bertz CT molecular complexity index is 801. The van der Waals surface area contributed by atoms with Crippen molar-refractivity contribution in [3.63, 3.8) is 0 Å². The molecular formula is C19H29N3O4S. The predicted molar refractivity (Wildman–Crippen MR) is 103 cm³/mol. The Kier molecular flexibility index (Phi) is 5.90. The average Bonchev–Trinajstić information content (AvgIpc) is 3.00. The molecule has 27 heavy (non-hydrogen) atoms. The van der Waals surface area contributed by atoms with Crippen molar-refractivity contribution in [2.75, 3.05) is 26.2 Å². The zero-order valence-corrected chi connectivity index (χ0v) is 17.0. The van der Waals surface area contributed by atoms with Gasteiger partial charge in [-0.2, -0.15) is 0 Å². The van der Waals surface area contributed by atoms with Crippen molar-refractivity contribution < 1.29 is 17.9 Å². The van der Waals surface area contributed by atoms with Gasteiger partial charge in [-0.15, -0.1) is 0 Å². The second-order valence-corrected chi connectivity index (χ2v) is 9.35. The highest BCUT2D eigenvalue weighted by Gasteiger charge is 2.33. The van der Waals surface area contributed by atoms with Crippen LogP contribution in [-0.2, 0) is 14.8 Å². The number of benzene rings is 1. The van der Waals surface area contributed by atoms with Crippen LogP contribution in [0.25, 0.3) is 0 Å². The molecule has 0 aliphatic carbocycles. The lowest BCUT2D eigenvalue weighted by Gasteiger charge is -2.38. The van der Waals surface area contributed by atoms with Crippen LogP contribution in [-0.4, -0.2) is 68.6 Å². The van der Waals surface area contributed by atoms with Crippen LogP contribution in [0.4, 0.5) is 0 Å². The zero-order valence-electron chi connectivity index (χ0n) is 16.2. The summed E-state index contributed by atoms with van der Waals surface area (Å²) in [6.07, 6.45) is 2.29. The molecule has 2 aliphatic heterocycles. The number of carbonyl (C=O) groups is 1. The fourth-order valence-electron chi connectivity index (χ4n) is 4.19. The lowest BCUT2D eigenvalue weighted by molar-refractivity contribution is -0.0715. The van der Waals surface area contributed by atoms with Crippen molar-refractivity contribution in [2.45, 2.75) is 56.8 Å².